The summed E-state index contributed by atoms with van der Waals surface area (Å²) in [6, 6.07) is 11.9. The third-order valence-electron chi connectivity index (χ3n) is 3.30. The van der Waals surface area contributed by atoms with Gasteiger partial charge in [0.05, 0.1) is 6.42 Å². The van der Waals surface area contributed by atoms with Gasteiger partial charge in [-0.2, -0.15) is 13.2 Å². The summed E-state index contributed by atoms with van der Waals surface area (Å²) in [6.07, 6.45) is -5.21. The molecule has 0 spiro atoms. The number of hydrogen-bond acceptors (Lipinski definition) is 2. The zero-order chi connectivity index (χ0) is 18.4. The molecule has 0 saturated heterocycles. The zero-order valence-corrected chi connectivity index (χ0v) is 12.9. The fraction of sp³-hybridized carbons (Fsp3) is 0.176. The van der Waals surface area contributed by atoms with Gasteiger partial charge in [0.1, 0.15) is 5.82 Å². The summed E-state index contributed by atoms with van der Waals surface area (Å²) >= 11 is 0. The molecule has 0 saturated carbocycles. The lowest BCUT2D eigenvalue weighted by atomic mass is 10.1. The molecule has 0 aliphatic heterocycles. The van der Waals surface area contributed by atoms with Gasteiger partial charge in [-0.25, -0.2) is 4.39 Å². The van der Waals surface area contributed by atoms with E-state index in [2.05, 4.69) is 5.32 Å². The van der Waals surface area contributed by atoms with E-state index in [-0.39, 0.29) is 17.7 Å². The molecule has 0 aliphatic rings. The first-order valence-electron chi connectivity index (χ1n) is 7.23. The van der Waals surface area contributed by atoms with Crippen LogP contribution in [0.5, 0.6) is 0 Å². The number of anilines is 1. The van der Waals surface area contributed by atoms with Gasteiger partial charge in [-0.05, 0) is 23.3 Å². The van der Waals surface area contributed by atoms with Crippen LogP contribution in [0.15, 0.2) is 48.5 Å². The smallest absolute Gasteiger partial charge is 0.344 e. The van der Waals surface area contributed by atoms with Crippen LogP contribution in [0.4, 0.5) is 23.2 Å². The fourth-order valence-electron chi connectivity index (χ4n) is 2.08. The minimum Gasteiger partial charge on any atom is -0.344 e. The number of hydrogen-bond donors (Lipinski definition) is 2. The fourth-order valence-corrected chi connectivity index (χ4v) is 2.08. The quantitative estimate of drug-likeness (QED) is 0.811. The van der Waals surface area contributed by atoms with Crippen molar-refractivity contribution in [2.75, 3.05) is 5.32 Å². The zero-order valence-electron chi connectivity index (χ0n) is 12.9. The Morgan fingerprint density at radius 3 is 2.16 bits per heavy atom. The molecule has 2 aromatic rings. The molecule has 0 bridgehead atoms. The molecular weight excluding hydrogens is 340 g/mol. The monoisotopic (exact) mass is 354 g/mol. The maximum atomic E-state index is 13.6. The summed E-state index contributed by atoms with van der Waals surface area (Å²) in [5.74, 6) is -3.12. The summed E-state index contributed by atoms with van der Waals surface area (Å²) < 4.78 is 50.2. The van der Waals surface area contributed by atoms with E-state index in [0.29, 0.717) is 5.56 Å². The first-order valence-corrected chi connectivity index (χ1v) is 7.23. The molecule has 0 aromatic heterocycles. The van der Waals surface area contributed by atoms with Crippen LogP contribution in [-0.4, -0.2) is 18.0 Å². The number of para-hydroxylation sites is 1. The average molecular weight is 354 g/mol. The van der Waals surface area contributed by atoms with Crippen molar-refractivity contribution in [3.8, 4) is 0 Å². The minimum absolute atomic E-state index is 0.197. The molecular formula is C17H14F4N2O2. The second-order valence-corrected chi connectivity index (χ2v) is 5.15. The van der Waals surface area contributed by atoms with E-state index >= 15 is 0 Å². The Balaban J connectivity index is 2.04. The lowest BCUT2D eigenvalue weighted by Crippen LogP contribution is -2.36. The van der Waals surface area contributed by atoms with Gasteiger partial charge in [0.2, 0.25) is 5.91 Å². The average Bonchev–Trinajstić information content (AvgIpc) is 2.55. The topological polar surface area (TPSA) is 58.2 Å². The molecule has 0 unspecified atom stereocenters. The van der Waals surface area contributed by atoms with Crippen LogP contribution < -0.4 is 10.6 Å². The van der Waals surface area contributed by atoms with Crippen LogP contribution in [0.1, 0.15) is 11.1 Å². The summed E-state index contributed by atoms with van der Waals surface area (Å²) in [6.45, 7) is -0.408. The number of amides is 2. The van der Waals surface area contributed by atoms with E-state index in [9.17, 15) is 27.2 Å². The van der Waals surface area contributed by atoms with Gasteiger partial charge in [-0.1, -0.05) is 36.4 Å². The molecule has 2 amide bonds. The summed E-state index contributed by atoms with van der Waals surface area (Å²) in [5, 5.41) is 4.25. The van der Waals surface area contributed by atoms with Gasteiger partial charge < -0.3 is 10.6 Å². The van der Waals surface area contributed by atoms with Gasteiger partial charge in [-0.3, -0.25) is 9.59 Å². The molecule has 2 N–H and O–H groups in total. The Morgan fingerprint density at radius 2 is 1.52 bits per heavy atom. The van der Waals surface area contributed by atoms with Crippen LogP contribution in [0, 0.1) is 5.82 Å². The number of benzene rings is 2. The second kappa shape index (κ2) is 7.78. The molecule has 0 aliphatic carbocycles. The van der Waals surface area contributed by atoms with Crippen molar-refractivity contribution in [3.05, 3.63) is 65.5 Å². The maximum Gasteiger partial charge on any atom is 0.471 e. The first-order chi connectivity index (χ1) is 11.8. The molecule has 2 aromatic carbocycles. The Kier molecular flexibility index (Phi) is 5.74. The summed E-state index contributed by atoms with van der Waals surface area (Å²) in [4.78, 5) is 22.9. The van der Waals surface area contributed by atoms with E-state index in [1.165, 1.54) is 30.3 Å². The number of alkyl halides is 3. The largest absolute Gasteiger partial charge is 0.471 e. The van der Waals surface area contributed by atoms with Crippen molar-refractivity contribution in [1.82, 2.24) is 5.32 Å². The standard InChI is InChI=1S/C17H14F4N2O2/c18-13-7-3-1-5-11(13)9-15(24)23-14-8-4-2-6-12(14)10-22-16(25)17(19,20)21/h1-8H,9-10H2,(H,22,25)(H,23,24). The highest BCUT2D eigenvalue weighted by atomic mass is 19.4. The number of rotatable bonds is 5. The number of carbonyl (C=O) groups is 2. The van der Waals surface area contributed by atoms with Gasteiger partial charge in [0.15, 0.2) is 0 Å². The van der Waals surface area contributed by atoms with Crippen LogP contribution >= 0.6 is 0 Å². The van der Waals surface area contributed by atoms with Crippen molar-refractivity contribution in [2.45, 2.75) is 19.1 Å². The van der Waals surface area contributed by atoms with E-state index in [4.69, 9.17) is 0 Å². The van der Waals surface area contributed by atoms with Gasteiger partial charge in [0, 0.05) is 12.2 Å². The maximum absolute atomic E-state index is 13.6. The van der Waals surface area contributed by atoms with E-state index in [0.717, 1.165) is 0 Å². The molecule has 2 rings (SSSR count). The first kappa shape index (κ1) is 18.4. The Hall–Kier alpha value is -2.90. The molecule has 25 heavy (non-hydrogen) atoms. The van der Waals surface area contributed by atoms with E-state index < -0.39 is 30.4 Å². The number of carbonyl (C=O) groups excluding carboxylic acids is 2. The van der Waals surface area contributed by atoms with Crippen LogP contribution in [0.3, 0.4) is 0 Å². The Morgan fingerprint density at radius 1 is 0.920 bits per heavy atom. The number of halogens is 4. The highest BCUT2D eigenvalue weighted by molar-refractivity contribution is 5.93. The molecule has 0 fully saturated rings. The molecule has 0 heterocycles. The van der Waals surface area contributed by atoms with Crippen molar-refractivity contribution < 1.29 is 27.2 Å². The predicted molar refractivity (Wildman–Crippen MR) is 83.1 cm³/mol. The van der Waals surface area contributed by atoms with Crippen LogP contribution in [0.2, 0.25) is 0 Å². The lowest BCUT2D eigenvalue weighted by molar-refractivity contribution is -0.173. The van der Waals surface area contributed by atoms with E-state index in [1.54, 1.807) is 23.5 Å². The van der Waals surface area contributed by atoms with Gasteiger partial charge >= 0.3 is 12.1 Å². The van der Waals surface area contributed by atoms with Gasteiger partial charge in [-0.15, -0.1) is 0 Å². The lowest BCUT2D eigenvalue weighted by Gasteiger charge is -2.13. The highest BCUT2D eigenvalue weighted by Gasteiger charge is 2.38. The number of nitrogens with one attached hydrogen (secondary N) is 2. The molecule has 132 valence electrons. The minimum atomic E-state index is -4.98. The Labute approximate surface area is 140 Å². The molecule has 0 atom stereocenters. The van der Waals surface area contributed by atoms with Crippen LogP contribution in [-0.2, 0) is 22.6 Å². The molecule has 8 heteroatoms. The predicted octanol–water partition coefficient (Wildman–Crippen LogP) is 3.19. The SMILES string of the molecule is O=C(Cc1ccccc1F)Nc1ccccc1CNC(=O)C(F)(F)F. The van der Waals surface area contributed by atoms with Crippen molar-refractivity contribution in [2.24, 2.45) is 0 Å². The molecule has 4 nitrogen and oxygen atoms in total. The summed E-state index contributed by atoms with van der Waals surface area (Å²) in [5.41, 5.74) is 0.733. The summed E-state index contributed by atoms with van der Waals surface area (Å²) in [7, 11) is 0. The van der Waals surface area contributed by atoms with Crippen LogP contribution in [0.25, 0.3) is 0 Å². The van der Waals surface area contributed by atoms with Crippen molar-refractivity contribution in [3.63, 3.8) is 0 Å². The highest BCUT2D eigenvalue weighted by Crippen LogP contribution is 2.18. The normalized spacial score (nSPS) is 11.0. The van der Waals surface area contributed by atoms with Gasteiger partial charge in [0.25, 0.3) is 0 Å². The second-order valence-electron chi connectivity index (χ2n) is 5.15. The third kappa shape index (κ3) is 5.30. The molecule has 0 radical (unpaired) electrons. The Bertz CT molecular complexity index is 775. The third-order valence-corrected chi connectivity index (χ3v) is 3.30. The van der Waals surface area contributed by atoms with Crippen molar-refractivity contribution in [1.29, 1.82) is 0 Å². The van der Waals surface area contributed by atoms with Crippen molar-refractivity contribution >= 4 is 17.5 Å². The van der Waals surface area contributed by atoms with E-state index in [1.807, 2.05) is 0 Å².